The molecule has 3 rings (SSSR count). The number of nitrogens with zero attached hydrogens (tertiary/aromatic N) is 2. The molecule has 208 valence electrons. The van der Waals surface area contributed by atoms with Gasteiger partial charge in [-0.15, -0.1) is 0 Å². The zero-order chi connectivity index (χ0) is 28.6. The van der Waals surface area contributed by atoms with Gasteiger partial charge in [0.05, 0.1) is 11.9 Å². The summed E-state index contributed by atoms with van der Waals surface area (Å²) < 4.78 is 27.0. The number of rotatable bonds is 12. The molecule has 39 heavy (non-hydrogen) atoms. The second-order valence-electron chi connectivity index (χ2n) is 9.60. The molecule has 3 aromatic carbocycles. The van der Waals surface area contributed by atoms with Crippen LogP contribution in [0, 0.1) is 13.8 Å². The minimum atomic E-state index is -3.83. The molecule has 0 heterocycles. The lowest BCUT2D eigenvalue weighted by molar-refractivity contribution is -0.140. The molecule has 0 spiro atoms. The Morgan fingerprint density at radius 3 is 2.26 bits per heavy atom. The highest BCUT2D eigenvalue weighted by Crippen LogP contribution is 2.26. The van der Waals surface area contributed by atoms with Crippen LogP contribution in [0.15, 0.2) is 72.8 Å². The number of amides is 2. The van der Waals surface area contributed by atoms with E-state index in [1.54, 1.807) is 30.3 Å². The van der Waals surface area contributed by atoms with Gasteiger partial charge in [0, 0.05) is 24.5 Å². The second kappa shape index (κ2) is 13.6. The second-order valence-corrected chi connectivity index (χ2v) is 11.9. The number of carbonyl (C=O) groups is 2. The Hall–Kier alpha value is -3.36. The third-order valence-electron chi connectivity index (χ3n) is 6.64. The van der Waals surface area contributed by atoms with Crippen molar-refractivity contribution in [1.29, 1.82) is 0 Å². The van der Waals surface area contributed by atoms with Crippen molar-refractivity contribution in [1.82, 2.24) is 10.2 Å². The van der Waals surface area contributed by atoms with Gasteiger partial charge in [-0.25, -0.2) is 8.42 Å². The smallest absolute Gasteiger partial charge is 0.244 e. The van der Waals surface area contributed by atoms with Crippen LogP contribution in [0.4, 0.5) is 5.69 Å². The normalized spacial score (nSPS) is 12.0. The average Bonchev–Trinajstić information content (AvgIpc) is 2.90. The van der Waals surface area contributed by atoms with Gasteiger partial charge in [-0.05, 0) is 54.7 Å². The van der Waals surface area contributed by atoms with Crippen molar-refractivity contribution in [3.63, 3.8) is 0 Å². The van der Waals surface area contributed by atoms with Crippen molar-refractivity contribution in [2.45, 2.75) is 46.2 Å². The third-order valence-corrected chi connectivity index (χ3v) is 8.14. The van der Waals surface area contributed by atoms with Gasteiger partial charge >= 0.3 is 0 Å². The number of benzene rings is 3. The van der Waals surface area contributed by atoms with E-state index >= 15 is 0 Å². The fraction of sp³-hybridized carbons (Fsp3) is 0.333. The van der Waals surface area contributed by atoms with Crippen LogP contribution >= 0.6 is 11.6 Å². The van der Waals surface area contributed by atoms with Crippen molar-refractivity contribution >= 4 is 39.1 Å². The van der Waals surface area contributed by atoms with Gasteiger partial charge in [-0.2, -0.15) is 0 Å². The lowest BCUT2D eigenvalue weighted by atomic mass is 10.0. The summed E-state index contributed by atoms with van der Waals surface area (Å²) in [7, 11) is -3.83. The first-order chi connectivity index (χ1) is 18.5. The Balaban J connectivity index is 2.08. The zero-order valence-corrected chi connectivity index (χ0v) is 24.4. The fourth-order valence-electron chi connectivity index (χ4n) is 4.33. The van der Waals surface area contributed by atoms with E-state index in [1.807, 2.05) is 63.2 Å². The Bertz CT molecular complexity index is 1400. The standard InChI is InChI=1S/C30H36ClN3O4S/c1-5-18-32-30(36)28(19-24-13-7-6-8-14-24)33(20-25-15-9-10-16-26(25)31)29(35)21-34(39(4,37)38)27-17-11-12-22(2)23(27)3/h6-17,28H,5,18-21H2,1-4H3,(H,32,36)/t28-/m0/s1. The zero-order valence-electron chi connectivity index (χ0n) is 22.9. The van der Waals surface area contributed by atoms with Crippen molar-refractivity contribution in [2.24, 2.45) is 0 Å². The summed E-state index contributed by atoms with van der Waals surface area (Å²) in [4.78, 5) is 29.0. The first-order valence-corrected chi connectivity index (χ1v) is 15.1. The summed E-state index contributed by atoms with van der Waals surface area (Å²) in [6.45, 7) is 5.70. The highest BCUT2D eigenvalue weighted by Gasteiger charge is 2.33. The Morgan fingerprint density at radius 2 is 1.62 bits per heavy atom. The molecular formula is C30H36ClN3O4S. The summed E-state index contributed by atoms with van der Waals surface area (Å²) in [6, 6.07) is 21.0. The molecule has 0 bridgehead atoms. The topological polar surface area (TPSA) is 86.8 Å². The summed E-state index contributed by atoms with van der Waals surface area (Å²) in [5.74, 6) is -0.812. The van der Waals surface area contributed by atoms with Gasteiger partial charge in [0.2, 0.25) is 21.8 Å². The van der Waals surface area contributed by atoms with Crippen molar-refractivity contribution in [3.8, 4) is 0 Å². The first-order valence-electron chi connectivity index (χ1n) is 12.9. The molecule has 0 unspecified atom stereocenters. The number of hydrogen-bond acceptors (Lipinski definition) is 4. The minimum Gasteiger partial charge on any atom is -0.354 e. The van der Waals surface area contributed by atoms with Crippen LogP contribution in [0.1, 0.15) is 35.6 Å². The number of sulfonamides is 1. The Morgan fingerprint density at radius 1 is 0.949 bits per heavy atom. The van der Waals surface area contributed by atoms with E-state index in [4.69, 9.17) is 11.6 Å². The van der Waals surface area contributed by atoms with E-state index in [1.165, 1.54) is 4.90 Å². The molecule has 0 aromatic heterocycles. The maximum Gasteiger partial charge on any atom is 0.244 e. The maximum absolute atomic E-state index is 14.1. The predicted octanol–water partition coefficient (Wildman–Crippen LogP) is 4.89. The molecule has 0 radical (unpaired) electrons. The molecule has 1 atom stereocenters. The van der Waals surface area contributed by atoms with Crippen LogP contribution in [-0.2, 0) is 32.6 Å². The summed E-state index contributed by atoms with van der Waals surface area (Å²) >= 11 is 6.47. The molecule has 0 aliphatic rings. The summed E-state index contributed by atoms with van der Waals surface area (Å²) in [6.07, 6.45) is 2.07. The van der Waals surface area contributed by atoms with Crippen LogP contribution in [0.2, 0.25) is 5.02 Å². The van der Waals surface area contributed by atoms with Crippen molar-refractivity contribution in [3.05, 3.63) is 100 Å². The Labute approximate surface area is 236 Å². The molecule has 2 amide bonds. The van der Waals surface area contributed by atoms with Crippen molar-refractivity contribution in [2.75, 3.05) is 23.7 Å². The molecule has 7 nitrogen and oxygen atoms in total. The van der Waals surface area contributed by atoms with Crippen LogP contribution in [-0.4, -0.2) is 50.5 Å². The van der Waals surface area contributed by atoms with Gasteiger partial charge in [0.25, 0.3) is 0 Å². The molecule has 0 fully saturated rings. The SMILES string of the molecule is CCCNC(=O)[C@H](Cc1ccccc1)N(Cc1ccccc1Cl)C(=O)CN(c1cccc(C)c1C)S(C)(=O)=O. The van der Waals surface area contributed by atoms with Crippen LogP contribution in [0.5, 0.6) is 0 Å². The van der Waals surface area contributed by atoms with E-state index < -0.39 is 28.5 Å². The summed E-state index contributed by atoms with van der Waals surface area (Å²) in [5, 5.41) is 3.38. The van der Waals surface area contributed by atoms with Crippen LogP contribution in [0.3, 0.4) is 0 Å². The van der Waals surface area contributed by atoms with Gasteiger partial charge in [0.15, 0.2) is 0 Å². The largest absolute Gasteiger partial charge is 0.354 e. The number of aryl methyl sites for hydroxylation is 1. The quantitative estimate of drug-likeness (QED) is 0.336. The average molecular weight is 570 g/mol. The summed E-state index contributed by atoms with van der Waals surface area (Å²) in [5.41, 5.74) is 3.63. The van der Waals surface area contributed by atoms with Crippen LogP contribution in [0.25, 0.3) is 0 Å². The molecule has 0 saturated heterocycles. The molecule has 9 heteroatoms. The van der Waals surface area contributed by atoms with E-state index in [-0.39, 0.29) is 18.9 Å². The number of hydrogen-bond donors (Lipinski definition) is 1. The number of anilines is 1. The lowest BCUT2D eigenvalue weighted by Gasteiger charge is -2.34. The lowest BCUT2D eigenvalue weighted by Crippen LogP contribution is -2.53. The molecular weight excluding hydrogens is 534 g/mol. The highest BCUT2D eigenvalue weighted by atomic mass is 35.5. The van der Waals surface area contributed by atoms with E-state index in [2.05, 4.69) is 5.32 Å². The first kappa shape index (κ1) is 30.2. The van der Waals surface area contributed by atoms with Gasteiger partial charge in [-0.3, -0.25) is 13.9 Å². The van der Waals surface area contributed by atoms with Crippen molar-refractivity contribution < 1.29 is 18.0 Å². The van der Waals surface area contributed by atoms with Gasteiger partial charge in [0.1, 0.15) is 12.6 Å². The molecule has 0 saturated carbocycles. The predicted molar refractivity (Wildman–Crippen MR) is 157 cm³/mol. The fourth-order valence-corrected chi connectivity index (χ4v) is 5.43. The number of carbonyl (C=O) groups excluding carboxylic acids is 2. The highest BCUT2D eigenvalue weighted by molar-refractivity contribution is 7.92. The maximum atomic E-state index is 14.1. The Kier molecular flexibility index (Phi) is 10.5. The number of halogens is 1. The van der Waals surface area contributed by atoms with Gasteiger partial charge < -0.3 is 10.2 Å². The van der Waals surface area contributed by atoms with Crippen LogP contribution < -0.4 is 9.62 Å². The molecule has 0 aliphatic carbocycles. The molecule has 3 aromatic rings. The third kappa shape index (κ3) is 8.07. The monoisotopic (exact) mass is 569 g/mol. The molecule has 1 N–H and O–H groups in total. The van der Waals surface area contributed by atoms with E-state index in [9.17, 15) is 18.0 Å². The van der Waals surface area contributed by atoms with E-state index in [0.29, 0.717) is 22.8 Å². The molecule has 0 aliphatic heterocycles. The minimum absolute atomic E-state index is 0.0416. The van der Waals surface area contributed by atoms with E-state index in [0.717, 1.165) is 33.7 Å². The number of nitrogens with one attached hydrogen (secondary N) is 1. The van der Waals surface area contributed by atoms with Gasteiger partial charge in [-0.1, -0.05) is 79.2 Å².